The highest BCUT2D eigenvalue weighted by atomic mass is 79.9. The zero-order valence-corrected chi connectivity index (χ0v) is 12.7. The van der Waals surface area contributed by atoms with E-state index >= 15 is 0 Å². The van der Waals surface area contributed by atoms with Crippen LogP contribution in [-0.2, 0) is 0 Å². The molecule has 0 saturated carbocycles. The summed E-state index contributed by atoms with van der Waals surface area (Å²) in [6, 6.07) is 5.58. The van der Waals surface area contributed by atoms with Crippen LogP contribution in [0.2, 0.25) is 0 Å². The van der Waals surface area contributed by atoms with Crippen LogP contribution in [0.1, 0.15) is 11.1 Å². The lowest BCUT2D eigenvalue weighted by Gasteiger charge is -2.08. The number of aryl methyl sites for hydroxylation is 2. The summed E-state index contributed by atoms with van der Waals surface area (Å²) in [7, 11) is 0. The number of hydrogen-bond acceptors (Lipinski definition) is 3. The molecule has 0 atom stereocenters. The molecule has 2 aromatic rings. The van der Waals surface area contributed by atoms with Crippen molar-refractivity contribution >= 4 is 38.7 Å². The summed E-state index contributed by atoms with van der Waals surface area (Å²) >= 11 is 5.01. The van der Waals surface area contributed by atoms with Gasteiger partial charge in [0.2, 0.25) is 0 Å². The largest absolute Gasteiger partial charge is 0.422 e. The monoisotopic (exact) mass is 324 g/mol. The Morgan fingerprint density at radius 3 is 2.83 bits per heavy atom. The molecule has 0 aliphatic carbocycles. The Morgan fingerprint density at radius 1 is 1.44 bits per heavy atom. The Labute approximate surface area is 118 Å². The van der Waals surface area contributed by atoms with Crippen LogP contribution in [-0.4, -0.2) is 5.75 Å². The average molecular weight is 325 g/mol. The van der Waals surface area contributed by atoms with Crippen LogP contribution in [0, 0.1) is 13.8 Å². The van der Waals surface area contributed by atoms with Gasteiger partial charge in [0, 0.05) is 27.7 Å². The fraction of sp³-hybridized carbons (Fsp3) is 0.214. The van der Waals surface area contributed by atoms with Crippen LogP contribution in [0.4, 0.5) is 0 Å². The number of hydrogen-bond donors (Lipinski definition) is 0. The molecule has 1 heterocycles. The summed E-state index contributed by atoms with van der Waals surface area (Å²) in [5, 5.41) is 0.995. The number of fused-ring (bicyclic) bond motifs is 1. The molecule has 0 aliphatic heterocycles. The van der Waals surface area contributed by atoms with Crippen LogP contribution >= 0.6 is 27.7 Å². The number of thioether (sulfide) groups is 1. The molecule has 0 amide bonds. The lowest BCUT2D eigenvalue weighted by molar-refractivity contribution is 0.556. The predicted molar refractivity (Wildman–Crippen MR) is 80.7 cm³/mol. The molecule has 0 aliphatic rings. The van der Waals surface area contributed by atoms with E-state index in [4.69, 9.17) is 4.42 Å². The molecule has 2 nitrogen and oxygen atoms in total. The van der Waals surface area contributed by atoms with Crippen LogP contribution in [0.3, 0.4) is 0 Å². The van der Waals surface area contributed by atoms with Gasteiger partial charge in [-0.15, -0.1) is 11.8 Å². The van der Waals surface area contributed by atoms with E-state index < -0.39 is 0 Å². The van der Waals surface area contributed by atoms with Crippen LogP contribution in [0.25, 0.3) is 11.0 Å². The molecule has 0 N–H and O–H groups in total. The summed E-state index contributed by atoms with van der Waals surface area (Å²) in [5.74, 6) is 0.794. The summed E-state index contributed by atoms with van der Waals surface area (Å²) in [6.07, 6.45) is 0. The molecule has 0 saturated heterocycles. The standard InChI is InChI=1S/C14H13BrO2S/c1-8-6-13(16)17-14-10(3)12(5-4-11(8)14)18-7-9(2)15/h4-6H,2,7H2,1,3H3. The number of rotatable bonds is 3. The van der Waals surface area contributed by atoms with Crippen molar-refractivity contribution in [1.29, 1.82) is 0 Å². The SMILES string of the molecule is C=C(Br)CSc1ccc2c(C)cc(=O)oc2c1C. The fourth-order valence-electron chi connectivity index (χ4n) is 1.81. The van der Waals surface area contributed by atoms with Crippen molar-refractivity contribution in [3.05, 3.63) is 50.8 Å². The third kappa shape index (κ3) is 2.70. The van der Waals surface area contributed by atoms with E-state index in [-0.39, 0.29) is 5.63 Å². The third-order valence-electron chi connectivity index (χ3n) is 2.70. The Morgan fingerprint density at radius 2 is 2.17 bits per heavy atom. The quantitative estimate of drug-likeness (QED) is 0.618. The van der Waals surface area contributed by atoms with Gasteiger partial charge in [0.15, 0.2) is 0 Å². The van der Waals surface area contributed by atoms with E-state index in [9.17, 15) is 4.79 Å². The molecule has 2 rings (SSSR count). The molecule has 18 heavy (non-hydrogen) atoms. The van der Waals surface area contributed by atoms with Gasteiger partial charge in [0.25, 0.3) is 0 Å². The van der Waals surface area contributed by atoms with Crippen LogP contribution < -0.4 is 5.63 Å². The molecule has 1 aromatic carbocycles. The van der Waals surface area contributed by atoms with Gasteiger partial charge < -0.3 is 4.42 Å². The lowest BCUT2D eigenvalue weighted by Crippen LogP contribution is -1.99. The van der Waals surface area contributed by atoms with Crippen molar-refractivity contribution in [2.75, 3.05) is 5.75 Å². The van der Waals surface area contributed by atoms with Crippen LogP contribution in [0.15, 0.2) is 43.4 Å². The van der Waals surface area contributed by atoms with E-state index in [1.165, 1.54) is 6.07 Å². The molecule has 4 heteroatoms. The van der Waals surface area contributed by atoms with Crippen molar-refractivity contribution in [1.82, 2.24) is 0 Å². The molecule has 94 valence electrons. The van der Waals surface area contributed by atoms with Gasteiger partial charge >= 0.3 is 5.63 Å². The Hall–Kier alpha value is -1.00. The van der Waals surface area contributed by atoms with Crippen molar-refractivity contribution in [2.45, 2.75) is 18.7 Å². The van der Waals surface area contributed by atoms with Gasteiger partial charge in [-0.25, -0.2) is 4.79 Å². The first kappa shape index (κ1) is 13.4. The molecule has 0 unspecified atom stereocenters. The summed E-state index contributed by atoms with van der Waals surface area (Å²) in [5.41, 5.74) is 2.35. The first-order valence-electron chi connectivity index (χ1n) is 5.49. The second-order valence-corrected chi connectivity index (χ2v) is 6.26. The zero-order valence-electron chi connectivity index (χ0n) is 10.2. The minimum absolute atomic E-state index is 0.296. The Balaban J connectivity index is 2.56. The summed E-state index contributed by atoms with van der Waals surface area (Å²) < 4.78 is 6.26. The van der Waals surface area contributed by atoms with Gasteiger partial charge in [-0.05, 0) is 36.0 Å². The van der Waals surface area contributed by atoms with E-state index in [0.29, 0.717) is 5.58 Å². The van der Waals surface area contributed by atoms with E-state index in [0.717, 1.165) is 31.6 Å². The summed E-state index contributed by atoms with van der Waals surface area (Å²) in [4.78, 5) is 12.5. The van der Waals surface area contributed by atoms with Gasteiger partial charge in [-0.1, -0.05) is 22.5 Å². The molecule has 0 radical (unpaired) electrons. The molecule has 1 aromatic heterocycles. The zero-order chi connectivity index (χ0) is 13.3. The maximum atomic E-state index is 11.4. The highest BCUT2D eigenvalue weighted by Crippen LogP contribution is 2.31. The maximum absolute atomic E-state index is 11.4. The highest BCUT2D eigenvalue weighted by molar-refractivity contribution is 9.11. The van der Waals surface area contributed by atoms with Gasteiger partial charge in [0.1, 0.15) is 5.58 Å². The highest BCUT2D eigenvalue weighted by Gasteiger charge is 2.09. The van der Waals surface area contributed by atoms with E-state index in [1.807, 2.05) is 19.9 Å². The third-order valence-corrected chi connectivity index (χ3v) is 4.60. The molecule has 0 spiro atoms. The minimum Gasteiger partial charge on any atom is -0.422 e. The minimum atomic E-state index is -0.296. The predicted octanol–water partition coefficient (Wildman–Crippen LogP) is 4.41. The van der Waals surface area contributed by atoms with Crippen molar-refractivity contribution in [3.8, 4) is 0 Å². The smallest absolute Gasteiger partial charge is 0.336 e. The normalized spacial score (nSPS) is 10.8. The number of benzene rings is 1. The molecule has 0 fully saturated rings. The topological polar surface area (TPSA) is 30.2 Å². The first-order chi connectivity index (χ1) is 8.49. The number of halogens is 1. The van der Waals surface area contributed by atoms with Gasteiger partial charge in [-0.3, -0.25) is 0 Å². The summed E-state index contributed by atoms with van der Waals surface area (Å²) in [6.45, 7) is 7.71. The lowest BCUT2D eigenvalue weighted by atomic mass is 10.1. The van der Waals surface area contributed by atoms with E-state index in [1.54, 1.807) is 11.8 Å². The molecular formula is C14H13BrO2S. The molecular weight excluding hydrogens is 312 g/mol. The second-order valence-electron chi connectivity index (χ2n) is 4.12. The van der Waals surface area contributed by atoms with E-state index in [2.05, 4.69) is 28.6 Å². The Bertz CT molecular complexity index is 673. The average Bonchev–Trinajstić information content (AvgIpc) is 2.29. The maximum Gasteiger partial charge on any atom is 0.336 e. The van der Waals surface area contributed by atoms with Crippen molar-refractivity contribution < 1.29 is 4.42 Å². The van der Waals surface area contributed by atoms with Crippen molar-refractivity contribution in [2.24, 2.45) is 0 Å². The van der Waals surface area contributed by atoms with Gasteiger partial charge in [0.05, 0.1) is 0 Å². The molecule has 0 bridgehead atoms. The van der Waals surface area contributed by atoms with Crippen LogP contribution in [0.5, 0.6) is 0 Å². The fourth-order valence-corrected chi connectivity index (χ4v) is 2.94. The van der Waals surface area contributed by atoms with Gasteiger partial charge in [-0.2, -0.15) is 0 Å². The second kappa shape index (κ2) is 5.33. The first-order valence-corrected chi connectivity index (χ1v) is 7.27. The van der Waals surface area contributed by atoms with Crippen molar-refractivity contribution in [3.63, 3.8) is 0 Å². The Kier molecular flexibility index (Phi) is 3.97.